The number of aromatic nitrogens is 2. The first-order chi connectivity index (χ1) is 8.39. The molecule has 94 valence electrons. The predicted molar refractivity (Wildman–Crippen MR) is 60.3 cm³/mol. The van der Waals surface area contributed by atoms with Crippen molar-refractivity contribution in [2.24, 2.45) is 0 Å². The Morgan fingerprint density at radius 1 is 1.28 bits per heavy atom. The van der Waals surface area contributed by atoms with Gasteiger partial charge in [0.1, 0.15) is 0 Å². The fourth-order valence-electron chi connectivity index (χ4n) is 1.46. The van der Waals surface area contributed by atoms with Gasteiger partial charge < -0.3 is 4.98 Å². The summed E-state index contributed by atoms with van der Waals surface area (Å²) in [5.74, 6) is 0. The summed E-state index contributed by atoms with van der Waals surface area (Å²) >= 11 is 5.49. The molecule has 0 aliphatic heterocycles. The Morgan fingerprint density at radius 2 is 2.00 bits per heavy atom. The van der Waals surface area contributed by atoms with Gasteiger partial charge in [-0.25, -0.2) is 4.98 Å². The molecule has 0 saturated carbocycles. The van der Waals surface area contributed by atoms with E-state index in [1.807, 2.05) is 0 Å². The molecule has 0 spiro atoms. The number of halogens is 4. The van der Waals surface area contributed by atoms with Crippen molar-refractivity contribution < 1.29 is 13.2 Å². The van der Waals surface area contributed by atoms with Crippen LogP contribution >= 0.6 is 11.6 Å². The molecule has 0 atom stereocenters. The highest BCUT2D eigenvalue weighted by Crippen LogP contribution is 2.36. The number of benzene rings is 1. The first kappa shape index (κ1) is 12.6. The third-order valence-corrected chi connectivity index (χ3v) is 2.63. The van der Waals surface area contributed by atoms with Crippen LogP contribution in [0, 0.1) is 0 Å². The summed E-state index contributed by atoms with van der Waals surface area (Å²) in [7, 11) is 0. The third kappa shape index (κ3) is 2.38. The number of aromatic amines is 1. The van der Waals surface area contributed by atoms with E-state index in [1.54, 1.807) is 0 Å². The molecule has 0 radical (unpaired) electrons. The Hall–Kier alpha value is -1.82. The minimum absolute atomic E-state index is 0.0552. The zero-order valence-electron chi connectivity index (χ0n) is 8.75. The molecule has 0 aliphatic rings. The fraction of sp³-hybridized carbons (Fsp3) is 0.0909. The third-order valence-electron chi connectivity index (χ3n) is 2.30. The van der Waals surface area contributed by atoms with Gasteiger partial charge in [-0.05, 0) is 17.7 Å². The number of alkyl halides is 3. The first-order valence-corrected chi connectivity index (χ1v) is 5.17. The Labute approximate surface area is 104 Å². The molecule has 0 aliphatic carbocycles. The molecule has 18 heavy (non-hydrogen) atoms. The van der Waals surface area contributed by atoms with Crippen LogP contribution in [0.4, 0.5) is 13.2 Å². The fourth-order valence-corrected chi connectivity index (χ4v) is 1.68. The van der Waals surface area contributed by atoms with Gasteiger partial charge >= 0.3 is 6.18 Å². The van der Waals surface area contributed by atoms with Gasteiger partial charge in [-0.2, -0.15) is 13.2 Å². The number of hydrogen-bond acceptors (Lipinski definition) is 2. The largest absolute Gasteiger partial charge is 0.417 e. The van der Waals surface area contributed by atoms with Crippen molar-refractivity contribution in [1.29, 1.82) is 0 Å². The standard InChI is InChI=1S/C11H6ClF3N2O/c12-9-2-1-6(3-8(9)11(13,14)15)7-4-16-5-17-10(7)18/h1-5H,(H,16,17,18). The van der Waals surface area contributed by atoms with Crippen LogP contribution in [-0.4, -0.2) is 9.97 Å². The average Bonchev–Trinajstić information content (AvgIpc) is 2.29. The number of H-pyrrole nitrogens is 1. The summed E-state index contributed by atoms with van der Waals surface area (Å²) in [6.07, 6.45) is -2.21. The Kier molecular flexibility index (Phi) is 3.13. The predicted octanol–water partition coefficient (Wildman–Crippen LogP) is 3.11. The molecule has 2 aromatic rings. The molecular weight excluding hydrogens is 269 g/mol. The van der Waals surface area contributed by atoms with E-state index in [-0.39, 0.29) is 11.1 Å². The van der Waals surface area contributed by atoms with Crippen molar-refractivity contribution in [3.8, 4) is 11.1 Å². The molecule has 0 fully saturated rings. The first-order valence-electron chi connectivity index (χ1n) is 4.79. The van der Waals surface area contributed by atoms with Crippen LogP contribution in [0.3, 0.4) is 0 Å². The lowest BCUT2D eigenvalue weighted by Crippen LogP contribution is -2.10. The van der Waals surface area contributed by atoms with Crippen molar-refractivity contribution in [2.45, 2.75) is 6.18 Å². The van der Waals surface area contributed by atoms with E-state index in [1.165, 1.54) is 12.3 Å². The summed E-state index contributed by atoms with van der Waals surface area (Å²) in [5, 5.41) is -0.411. The number of hydrogen-bond donors (Lipinski definition) is 1. The topological polar surface area (TPSA) is 45.8 Å². The molecule has 3 nitrogen and oxygen atoms in total. The van der Waals surface area contributed by atoms with Gasteiger partial charge in [0.05, 0.1) is 22.5 Å². The van der Waals surface area contributed by atoms with Gasteiger partial charge in [-0.3, -0.25) is 4.79 Å². The second-order valence-electron chi connectivity index (χ2n) is 3.49. The molecule has 2 rings (SSSR count). The van der Waals surface area contributed by atoms with Crippen molar-refractivity contribution in [3.05, 3.63) is 51.7 Å². The van der Waals surface area contributed by atoms with Gasteiger partial charge in [-0.1, -0.05) is 17.7 Å². The second-order valence-corrected chi connectivity index (χ2v) is 3.89. The zero-order valence-corrected chi connectivity index (χ0v) is 9.51. The maximum atomic E-state index is 12.7. The van der Waals surface area contributed by atoms with Crippen LogP contribution in [0.5, 0.6) is 0 Å². The van der Waals surface area contributed by atoms with Gasteiger partial charge in [-0.15, -0.1) is 0 Å². The minimum atomic E-state index is -4.57. The molecule has 1 aromatic carbocycles. The molecule has 1 N–H and O–H groups in total. The van der Waals surface area contributed by atoms with Crippen molar-refractivity contribution in [2.75, 3.05) is 0 Å². The summed E-state index contributed by atoms with van der Waals surface area (Å²) in [6, 6.07) is 3.27. The normalized spacial score (nSPS) is 11.6. The van der Waals surface area contributed by atoms with Crippen LogP contribution in [-0.2, 0) is 6.18 Å². The summed E-state index contributed by atoms with van der Waals surface area (Å²) in [6.45, 7) is 0. The highest BCUT2D eigenvalue weighted by Gasteiger charge is 2.33. The van der Waals surface area contributed by atoms with Crippen LogP contribution in [0.15, 0.2) is 35.5 Å². The highest BCUT2D eigenvalue weighted by atomic mass is 35.5. The average molecular weight is 275 g/mol. The molecular formula is C11H6ClF3N2O. The van der Waals surface area contributed by atoms with Gasteiger partial charge in [0.25, 0.3) is 5.56 Å². The molecule has 0 saturated heterocycles. The lowest BCUT2D eigenvalue weighted by Gasteiger charge is -2.10. The summed E-state index contributed by atoms with van der Waals surface area (Å²) < 4.78 is 38.0. The van der Waals surface area contributed by atoms with Gasteiger partial charge in [0.2, 0.25) is 0 Å². The van der Waals surface area contributed by atoms with E-state index in [0.29, 0.717) is 0 Å². The molecule has 1 heterocycles. The van der Waals surface area contributed by atoms with E-state index in [2.05, 4.69) is 9.97 Å². The second kappa shape index (κ2) is 4.45. The lowest BCUT2D eigenvalue weighted by atomic mass is 10.1. The van der Waals surface area contributed by atoms with E-state index in [4.69, 9.17) is 11.6 Å². The van der Waals surface area contributed by atoms with Crippen LogP contribution in [0.2, 0.25) is 5.02 Å². The Balaban J connectivity index is 2.62. The van der Waals surface area contributed by atoms with Crippen LogP contribution in [0.25, 0.3) is 11.1 Å². The van der Waals surface area contributed by atoms with Gasteiger partial charge in [0.15, 0.2) is 0 Å². The van der Waals surface area contributed by atoms with Crippen LogP contribution in [0.1, 0.15) is 5.56 Å². The SMILES string of the molecule is O=c1[nH]cncc1-c1ccc(Cl)c(C(F)(F)F)c1. The smallest absolute Gasteiger partial charge is 0.313 e. The number of nitrogens with one attached hydrogen (secondary N) is 1. The van der Waals surface area contributed by atoms with E-state index in [9.17, 15) is 18.0 Å². The lowest BCUT2D eigenvalue weighted by molar-refractivity contribution is -0.137. The van der Waals surface area contributed by atoms with Crippen LogP contribution < -0.4 is 5.56 Å². The van der Waals surface area contributed by atoms with E-state index >= 15 is 0 Å². The molecule has 0 bridgehead atoms. The zero-order chi connectivity index (χ0) is 13.3. The van der Waals surface area contributed by atoms with Crippen molar-refractivity contribution in [3.63, 3.8) is 0 Å². The monoisotopic (exact) mass is 274 g/mol. The van der Waals surface area contributed by atoms with Crippen molar-refractivity contribution in [1.82, 2.24) is 9.97 Å². The number of nitrogens with zero attached hydrogens (tertiary/aromatic N) is 1. The quantitative estimate of drug-likeness (QED) is 0.868. The maximum Gasteiger partial charge on any atom is 0.417 e. The minimum Gasteiger partial charge on any atom is -0.313 e. The summed E-state index contributed by atoms with van der Waals surface area (Å²) in [4.78, 5) is 17.4. The maximum absolute atomic E-state index is 12.7. The van der Waals surface area contributed by atoms with Crippen molar-refractivity contribution >= 4 is 11.6 Å². The molecule has 7 heteroatoms. The Morgan fingerprint density at radius 3 is 2.61 bits per heavy atom. The van der Waals surface area contributed by atoms with Gasteiger partial charge in [0, 0.05) is 6.20 Å². The summed E-state index contributed by atoms with van der Waals surface area (Å²) in [5.41, 5.74) is -1.33. The molecule has 0 amide bonds. The highest BCUT2D eigenvalue weighted by molar-refractivity contribution is 6.31. The molecule has 0 unspecified atom stereocenters. The molecule has 1 aromatic heterocycles. The van der Waals surface area contributed by atoms with E-state index < -0.39 is 22.3 Å². The van der Waals surface area contributed by atoms with E-state index in [0.717, 1.165) is 18.5 Å². The number of rotatable bonds is 1. The Bertz CT molecular complexity index is 637.